The molecule has 0 bridgehead atoms. The molecule has 1 aromatic carbocycles. The number of hydrogen-bond acceptors (Lipinski definition) is 7. The smallest absolute Gasteiger partial charge is 0.246 e. The molecule has 4 aromatic rings. The lowest BCUT2D eigenvalue weighted by Gasteiger charge is -2.25. The number of hydrogen-bond donors (Lipinski definition) is 0. The molecular formula is C20H20ClN7O. The van der Waals surface area contributed by atoms with E-state index in [4.69, 9.17) is 16.1 Å². The lowest BCUT2D eigenvalue weighted by Crippen LogP contribution is -2.32. The molecule has 0 radical (unpaired) electrons. The summed E-state index contributed by atoms with van der Waals surface area (Å²) in [6, 6.07) is 11.3. The molecule has 0 amide bonds. The van der Waals surface area contributed by atoms with E-state index in [-0.39, 0.29) is 6.04 Å². The van der Waals surface area contributed by atoms with Gasteiger partial charge in [0.15, 0.2) is 5.82 Å². The zero-order valence-corrected chi connectivity index (χ0v) is 17.1. The van der Waals surface area contributed by atoms with Crippen molar-refractivity contribution in [2.45, 2.75) is 26.4 Å². The molecule has 148 valence electrons. The summed E-state index contributed by atoms with van der Waals surface area (Å²) in [4.78, 5) is 10.6. The van der Waals surface area contributed by atoms with E-state index in [1.807, 2.05) is 35.9 Å². The quantitative estimate of drug-likeness (QED) is 0.475. The molecule has 4 rings (SSSR count). The van der Waals surface area contributed by atoms with Crippen molar-refractivity contribution >= 4 is 17.5 Å². The van der Waals surface area contributed by atoms with Crippen LogP contribution in [0.15, 0.2) is 53.3 Å². The number of aromatic nitrogens is 6. The minimum atomic E-state index is 0.143. The third kappa shape index (κ3) is 3.97. The van der Waals surface area contributed by atoms with Crippen LogP contribution in [0.1, 0.15) is 19.7 Å². The number of anilines is 1. The summed E-state index contributed by atoms with van der Waals surface area (Å²) in [7, 11) is 1.94. The Morgan fingerprint density at radius 2 is 1.90 bits per heavy atom. The SMILES string of the molecule is CC(C)N(Cc1nc(-c2cccc(Cl)c2)no1)c1nnc(-c2ccncc2)n1C. The maximum Gasteiger partial charge on any atom is 0.246 e. The monoisotopic (exact) mass is 409 g/mol. The molecule has 29 heavy (non-hydrogen) atoms. The first-order valence-electron chi connectivity index (χ1n) is 9.18. The highest BCUT2D eigenvalue weighted by Gasteiger charge is 2.22. The van der Waals surface area contributed by atoms with Gasteiger partial charge in [-0.25, -0.2) is 0 Å². The summed E-state index contributed by atoms with van der Waals surface area (Å²) in [6.07, 6.45) is 3.47. The Kier molecular flexibility index (Phi) is 5.26. The van der Waals surface area contributed by atoms with Crippen LogP contribution in [-0.2, 0) is 13.6 Å². The van der Waals surface area contributed by atoms with Gasteiger partial charge in [-0.3, -0.25) is 9.55 Å². The van der Waals surface area contributed by atoms with Gasteiger partial charge in [0.1, 0.15) is 6.54 Å². The maximum atomic E-state index is 6.06. The van der Waals surface area contributed by atoms with Gasteiger partial charge in [0.2, 0.25) is 17.7 Å². The van der Waals surface area contributed by atoms with Crippen LogP contribution in [0, 0.1) is 0 Å². The predicted octanol–water partition coefficient (Wildman–Crippen LogP) is 4.00. The van der Waals surface area contributed by atoms with Gasteiger partial charge in [-0.2, -0.15) is 4.98 Å². The third-order valence-electron chi connectivity index (χ3n) is 4.53. The van der Waals surface area contributed by atoms with E-state index in [1.165, 1.54) is 0 Å². The molecule has 0 spiro atoms. The number of pyridine rings is 1. The number of rotatable bonds is 6. The van der Waals surface area contributed by atoms with E-state index in [2.05, 4.69) is 44.1 Å². The van der Waals surface area contributed by atoms with E-state index in [0.717, 1.165) is 17.0 Å². The average molecular weight is 410 g/mol. The molecule has 0 N–H and O–H groups in total. The largest absolute Gasteiger partial charge is 0.337 e. The van der Waals surface area contributed by atoms with Gasteiger partial charge in [-0.1, -0.05) is 28.9 Å². The van der Waals surface area contributed by atoms with Crippen LogP contribution in [0.25, 0.3) is 22.8 Å². The van der Waals surface area contributed by atoms with E-state index in [1.54, 1.807) is 24.5 Å². The molecule has 0 atom stereocenters. The zero-order chi connectivity index (χ0) is 20.4. The fourth-order valence-corrected chi connectivity index (χ4v) is 3.21. The van der Waals surface area contributed by atoms with Crippen molar-refractivity contribution in [3.63, 3.8) is 0 Å². The fourth-order valence-electron chi connectivity index (χ4n) is 3.02. The minimum Gasteiger partial charge on any atom is -0.337 e. The highest BCUT2D eigenvalue weighted by molar-refractivity contribution is 6.30. The molecule has 0 unspecified atom stereocenters. The first kappa shape index (κ1) is 19.1. The summed E-state index contributed by atoms with van der Waals surface area (Å²) < 4.78 is 7.43. The molecule has 3 heterocycles. The predicted molar refractivity (Wildman–Crippen MR) is 110 cm³/mol. The van der Waals surface area contributed by atoms with Gasteiger partial charge in [0.25, 0.3) is 0 Å². The van der Waals surface area contributed by atoms with Gasteiger partial charge in [0, 0.05) is 41.6 Å². The van der Waals surface area contributed by atoms with Crippen LogP contribution in [0.2, 0.25) is 5.02 Å². The van der Waals surface area contributed by atoms with Gasteiger partial charge in [-0.05, 0) is 38.1 Å². The second-order valence-electron chi connectivity index (χ2n) is 6.86. The Labute approximate surface area is 173 Å². The summed E-state index contributed by atoms with van der Waals surface area (Å²) >= 11 is 6.06. The van der Waals surface area contributed by atoms with E-state index in [0.29, 0.717) is 29.2 Å². The van der Waals surface area contributed by atoms with E-state index < -0.39 is 0 Å². The summed E-state index contributed by atoms with van der Waals surface area (Å²) in [5.74, 6) is 2.47. The molecular weight excluding hydrogens is 390 g/mol. The first-order chi connectivity index (χ1) is 14.0. The molecule has 9 heteroatoms. The van der Waals surface area contributed by atoms with Crippen molar-refractivity contribution in [2.75, 3.05) is 4.90 Å². The Morgan fingerprint density at radius 3 is 2.62 bits per heavy atom. The average Bonchev–Trinajstić information content (AvgIpc) is 3.33. The van der Waals surface area contributed by atoms with Crippen molar-refractivity contribution in [1.29, 1.82) is 0 Å². The summed E-state index contributed by atoms with van der Waals surface area (Å²) in [5, 5.41) is 13.5. The van der Waals surface area contributed by atoms with Crippen LogP contribution < -0.4 is 4.90 Å². The summed E-state index contributed by atoms with van der Waals surface area (Å²) in [5.41, 5.74) is 1.76. The normalized spacial score (nSPS) is 11.2. The van der Waals surface area contributed by atoms with Crippen LogP contribution in [0.3, 0.4) is 0 Å². The van der Waals surface area contributed by atoms with Crippen molar-refractivity contribution in [2.24, 2.45) is 7.05 Å². The maximum absolute atomic E-state index is 6.06. The van der Waals surface area contributed by atoms with Crippen molar-refractivity contribution in [3.05, 3.63) is 59.7 Å². The van der Waals surface area contributed by atoms with E-state index >= 15 is 0 Å². The molecule has 0 aliphatic carbocycles. The van der Waals surface area contributed by atoms with Gasteiger partial charge < -0.3 is 9.42 Å². The Hall–Kier alpha value is -3.26. The lowest BCUT2D eigenvalue weighted by atomic mass is 10.2. The second kappa shape index (κ2) is 8.00. The Bertz CT molecular complexity index is 1110. The van der Waals surface area contributed by atoms with Crippen molar-refractivity contribution in [1.82, 2.24) is 29.9 Å². The van der Waals surface area contributed by atoms with Crippen LogP contribution in [-0.4, -0.2) is 35.9 Å². The molecule has 3 aromatic heterocycles. The molecule has 0 saturated heterocycles. The molecule has 0 aliphatic heterocycles. The van der Waals surface area contributed by atoms with Crippen molar-refractivity contribution < 1.29 is 4.52 Å². The zero-order valence-electron chi connectivity index (χ0n) is 16.3. The van der Waals surface area contributed by atoms with E-state index in [9.17, 15) is 0 Å². The van der Waals surface area contributed by atoms with Gasteiger partial charge >= 0.3 is 0 Å². The van der Waals surface area contributed by atoms with Crippen LogP contribution >= 0.6 is 11.6 Å². The molecule has 0 fully saturated rings. The molecule has 8 nitrogen and oxygen atoms in total. The van der Waals surface area contributed by atoms with Gasteiger partial charge in [0.05, 0.1) is 0 Å². The Balaban J connectivity index is 1.61. The molecule has 0 aliphatic rings. The summed E-state index contributed by atoms with van der Waals surface area (Å²) in [6.45, 7) is 4.57. The third-order valence-corrected chi connectivity index (χ3v) is 4.76. The highest BCUT2D eigenvalue weighted by atomic mass is 35.5. The lowest BCUT2D eigenvalue weighted by molar-refractivity contribution is 0.372. The number of benzene rings is 1. The van der Waals surface area contributed by atoms with Crippen LogP contribution in [0.5, 0.6) is 0 Å². The topological polar surface area (TPSA) is 85.8 Å². The minimum absolute atomic E-state index is 0.143. The number of nitrogens with zero attached hydrogens (tertiary/aromatic N) is 7. The van der Waals surface area contributed by atoms with Gasteiger partial charge in [-0.15, -0.1) is 10.2 Å². The number of halogens is 1. The first-order valence-corrected chi connectivity index (χ1v) is 9.55. The fraction of sp³-hybridized carbons (Fsp3) is 0.250. The second-order valence-corrected chi connectivity index (χ2v) is 7.30. The highest BCUT2D eigenvalue weighted by Crippen LogP contribution is 2.24. The standard InChI is InChI=1S/C20H20ClN7O/c1-13(2)28(20-25-24-19(27(20)3)14-7-9-22-10-8-14)12-17-23-18(26-29-17)15-5-4-6-16(21)11-15/h4-11,13H,12H2,1-3H3. The van der Waals surface area contributed by atoms with Crippen molar-refractivity contribution in [3.8, 4) is 22.8 Å². The molecule has 0 saturated carbocycles. The Morgan fingerprint density at radius 1 is 1.10 bits per heavy atom. The van der Waals surface area contributed by atoms with Crippen LogP contribution in [0.4, 0.5) is 5.95 Å².